The first kappa shape index (κ1) is 17.0. The summed E-state index contributed by atoms with van der Waals surface area (Å²) in [6, 6.07) is 16.7. The second-order valence-electron chi connectivity index (χ2n) is 6.50. The Morgan fingerprint density at radius 2 is 1.70 bits per heavy atom. The van der Waals surface area contributed by atoms with Crippen LogP contribution in [0, 0.1) is 0 Å². The molecule has 0 radical (unpaired) electrons. The van der Waals surface area contributed by atoms with Crippen molar-refractivity contribution in [1.29, 1.82) is 0 Å². The molecule has 1 atom stereocenters. The number of hydrogen-bond donors (Lipinski definition) is 2. The normalized spacial score (nSPS) is 12.7. The molecule has 4 nitrogen and oxygen atoms in total. The summed E-state index contributed by atoms with van der Waals surface area (Å²) in [5.74, 6) is -0.279. The van der Waals surface area contributed by atoms with Crippen molar-refractivity contribution in [3.8, 4) is 0 Å². The van der Waals surface area contributed by atoms with E-state index in [1.807, 2.05) is 75.4 Å². The second kappa shape index (κ2) is 7.29. The Bertz CT molecular complexity index is 631. The van der Waals surface area contributed by atoms with Crippen LogP contribution < -0.4 is 11.1 Å². The van der Waals surface area contributed by atoms with E-state index in [2.05, 4.69) is 5.32 Å². The molecule has 1 unspecified atom stereocenters. The van der Waals surface area contributed by atoms with E-state index < -0.39 is 11.6 Å². The van der Waals surface area contributed by atoms with Crippen LogP contribution in [0.2, 0.25) is 0 Å². The largest absolute Gasteiger partial charge is 0.459 e. The van der Waals surface area contributed by atoms with Gasteiger partial charge in [-0.05, 0) is 44.0 Å². The Morgan fingerprint density at radius 1 is 1.09 bits per heavy atom. The van der Waals surface area contributed by atoms with Gasteiger partial charge in [0.1, 0.15) is 11.6 Å². The molecule has 0 saturated heterocycles. The van der Waals surface area contributed by atoms with Gasteiger partial charge in [-0.3, -0.25) is 5.32 Å². The monoisotopic (exact) mass is 312 g/mol. The lowest BCUT2D eigenvalue weighted by Gasteiger charge is -2.25. The number of nitrogen functional groups attached to an aromatic ring is 1. The molecule has 2 rings (SSSR count). The average Bonchev–Trinajstić information content (AvgIpc) is 2.48. The molecule has 0 aromatic heterocycles. The number of carbonyl (C=O) groups is 1. The standard InChI is InChI=1S/C19H24N2O2/c1-19(2,3)23-18(22)17(15-7-5-4-6-8-15)21-13-14-9-11-16(20)12-10-14/h4-12,17,21H,13,20H2,1-3H3. The minimum Gasteiger partial charge on any atom is -0.459 e. The van der Waals surface area contributed by atoms with Crippen molar-refractivity contribution in [2.45, 2.75) is 39.0 Å². The zero-order chi connectivity index (χ0) is 16.9. The van der Waals surface area contributed by atoms with Gasteiger partial charge in [-0.1, -0.05) is 42.5 Å². The molecule has 2 aromatic rings. The third-order valence-electron chi connectivity index (χ3n) is 3.27. The van der Waals surface area contributed by atoms with Crippen LogP contribution in [-0.4, -0.2) is 11.6 Å². The van der Waals surface area contributed by atoms with E-state index in [1.165, 1.54) is 0 Å². The fraction of sp³-hybridized carbons (Fsp3) is 0.316. The number of rotatable bonds is 5. The van der Waals surface area contributed by atoms with Gasteiger partial charge in [0.2, 0.25) is 0 Å². The molecule has 0 aliphatic carbocycles. The van der Waals surface area contributed by atoms with Gasteiger partial charge in [0.25, 0.3) is 0 Å². The summed E-state index contributed by atoms with van der Waals surface area (Å²) in [4.78, 5) is 12.5. The van der Waals surface area contributed by atoms with Gasteiger partial charge in [-0.2, -0.15) is 0 Å². The summed E-state index contributed by atoms with van der Waals surface area (Å²) in [5.41, 5.74) is 7.84. The van der Waals surface area contributed by atoms with Crippen molar-refractivity contribution in [3.05, 3.63) is 65.7 Å². The van der Waals surface area contributed by atoms with E-state index in [-0.39, 0.29) is 5.97 Å². The number of ether oxygens (including phenoxy) is 1. The predicted molar refractivity (Wildman–Crippen MR) is 92.7 cm³/mol. The highest BCUT2D eigenvalue weighted by atomic mass is 16.6. The third kappa shape index (κ3) is 5.42. The number of benzene rings is 2. The summed E-state index contributed by atoms with van der Waals surface area (Å²) < 4.78 is 5.54. The molecule has 2 aromatic carbocycles. The Kier molecular flexibility index (Phi) is 5.40. The molecular weight excluding hydrogens is 288 g/mol. The van der Waals surface area contributed by atoms with Gasteiger partial charge in [-0.15, -0.1) is 0 Å². The summed E-state index contributed by atoms with van der Waals surface area (Å²) in [7, 11) is 0. The van der Waals surface area contributed by atoms with Crippen molar-refractivity contribution in [2.75, 3.05) is 5.73 Å². The van der Waals surface area contributed by atoms with Crippen LogP contribution in [0.3, 0.4) is 0 Å². The number of nitrogens with two attached hydrogens (primary N) is 1. The van der Waals surface area contributed by atoms with Crippen molar-refractivity contribution in [1.82, 2.24) is 5.32 Å². The molecule has 3 N–H and O–H groups in total. The molecule has 0 aliphatic heterocycles. The lowest BCUT2D eigenvalue weighted by Crippen LogP contribution is -2.34. The van der Waals surface area contributed by atoms with Crippen LogP contribution in [0.1, 0.15) is 37.9 Å². The van der Waals surface area contributed by atoms with Gasteiger partial charge < -0.3 is 10.5 Å². The van der Waals surface area contributed by atoms with Crippen LogP contribution in [0.15, 0.2) is 54.6 Å². The molecule has 122 valence electrons. The Labute approximate surface area is 137 Å². The first-order valence-electron chi connectivity index (χ1n) is 7.71. The molecular formula is C19H24N2O2. The summed E-state index contributed by atoms with van der Waals surface area (Å²) in [5, 5.41) is 3.28. The quantitative estimate of drug-likeness (QED) is 0.656. The lowest BCUT2D eigenvalue weighted by atomic mass is 10.1. The SMILES string of the molecule is CC(C)(C)OC(=O)C(NCc1ccc(N)cc1)c1ccccc1. The zero-order valence-electron chi connectivity index (χ0n) is 13.9. The third-order valence-corrected chi connectivity index (χ3v) is 3.27. The van der Waals surface area contributed by atoms with Crippen LogP contribution in [0.25, 0.3) is 0 Å². The van der Waals surface area contributed by atoms with Gasteiger partial charge in [0, 0.05) is 12.2 Å². The Hall–Kier alpha value is -2.33. The van der Waals surface area contributed by atoms with Crippen molar-refractivity contribution >= 4 is 11.7 Å². The zero-order valence-corrected chi connectivity index (χ0v) is 13.9. The van der Waals surface area contributed by atoms with Crippen LogP contribution in [-0.2, 0) is 16.1 Å². The number of anilines is 1. The van der Waals surface area contributed by atoms with Crippen LogP contribution >= 0.6 is 0 Å². The second-order valence-corrected chi connectivity index (χ2v) is 6.50. The van der Waals surface area contributed by atoms with Crippen molar-refractivity contribution < 1.29 is 9.53 Å². The number of hydrogen-bond acceptors (Lipinski definition) is 4. The summed E-state index contributed by atoms with van der Waals surface area (Å²) in [6.07, 6.45) is 0. The van der Waals surface area contributed by atoms with E-state index in [9.17, 15) is 4.79 Å². The molecule has 0 saturated carbocycles. The molecule has 4 heteroatoms. The van der Waals surface area contributed by atoms with Gasteiger partial charge in [0.05, 0.1) is 0 Å². The highest BCUT2D eigenvalue weighted by Gasteiger charge is 2.26. The average molecular weight is 312 g/mol. The molecule has 0 amide bonds. The maximum Gasteiger partial charge on any atom is 0.328 e. The molecule has 0 aliphatic rings. The molecule has 0 bridgehead atoms. The highest BCUT2D eigenvalue weighted by Crippen LogP contribution is 2.19. The number of nitrogens with one attached hydrogen (secondary N) is 1. The molecule has 0 fully saturated rings. The van der Waals surface area contributed by atoms with E-state index in [1.54, 1.807) is 0 Å². The van der Waals surface area contributed by atoms with Gasteiger partial charge >= 0.3 is 5.97 Å². The minimum absolute atomic E-state index is 0.279. The van der Waals surface area contributed by atoms with E-state index >= 15 is 0 Å². The van der Waals surface area contributed by atoms with E-state index in [4.69, 9.17) is 10.5 Å². The first-order valence-corrected chi connectivity index (χ1v) is 7.71. The fourth-order valence-corrected chi connectivity index (χ4v) is 2.20. The summed E-state index contributed by atoms with van der Waals surface area (Å²) in [6.45, 7) is 6.16. The lowest BCUT2D eigenvalue weighted by molar-refractivity contribution is -0.157. The van der Waals surface area contributed by atoms with E-state index in [0.29, 0.717) is 6.54 Å². The van der Waals surface area contributed by atoms with Crippen molar-refractivity contribution in [3.63, 3.8) is 0 Å². The Morgan fingerprint density at radius 3 is 2.26 bits per heavy atom. The molecule has 0 heterocycles. The maximum atomic E-state index is 12.5. The number of carbonyl (C=O) groups excluding carboxylic acids is 1. The number of esters is 1. The Balaban J connectivity index is 2.13. The van der Waals surface area contributed by atoms with Gasteiger partial charge in [0.15, 0.2) is 0 Å². The fourth-order valence-electron chi connectivity index (χ4n) is 2.20. The highest BCUT2D eigenvalue weighted by molar-refractivity contribution is 5.78. The summed E-state index contributed by atoms with van der Waals surface area (Å²) >= 11 is 0. The molecule has 0 spiro atoms. The first-order chi connectivity index (χ1) is 10.8. The topological polar surface area (TPSA) is 64.3 Å². The minimum atomic E-state index is -0.521. The van der Waals surface area contributed by atoms with Crippen LogP contribution in [0.4, 0.5) is 5.69 Å². The van der Waals surface area contributed by atoms with Gasteiger partial charge in [-0.25, -0.2) is 4.79 Å². The smallest absolute Gasteiger partial charge is 0.328 e. The van der Waals surface area contributed by atoms with Crippen LogP contribution in [0.5, 0.6) is 0 Å². The maximum absolute atomic E-state index is 12.5. The van der Waals surface area contributed by atoms with Crippen molar-refractivity contribution in [2.24, 2.45) is 0 Å². The molecule has 23 heavy (non-hydrogen) atoms. The van der Waals surface area contributed by atoms with E-state index in [0.717, 1.165) is 16.8 Å². The predicted octanol–water partition coefficient (Wildman–Crippen LogP) is 3.44.